The molecule has 2 aliphatic rings. The van der Waals surface area contributed by atoms with Gasteiger partial charge in [0.2, 0.25) is 11.8 Å². The van der Waals surface area contributed by atoms with Crippen LogP contribution in [0.4, 0.5) is 10.5 Å². The van der Waals surface area contributed by atoms with Gasteiger partial charge in [0, 0.05) is 24.8 Å². The second-order valence-corrected chi connectivity index (χ2v) is 8.47. The van der Waals surface area contributed by atoms with Crippen molar-refractivity contribution >= 4 is 29.0 Å². The molecule has 1 aromatic heterocycles. The second-order valence-electron chi connectivity index (χ2n) is 7.46. The highest BCUT2D eigenvalue weighted by molar-refractivity contribution is 7.13. The van der Waals surface area contributed by atoms with Crippen molar-refractivity contribution < 1.29 is 19.1 Å². The van der Waals surface area contributed by atoms with Crippen molar-refractivity contribution in [1.82, 2.24) is 20.4 Å². The first-order valence-electron chi connectivity index (χ1n) is 10.3. The normalized spacial score (nSPS) is 16.8. The number of hydrogen-bond donors (Lipinski definition) is 2. The zero-order valence-corrected chi connectivity index (χ0v) is 17.9. The van der Waals surface area contributed by atoms with Crippen molar-refractivity contribution in [3.63, 3.8) is 0 Å². The summed E-state index contributed by atoms with van der Waals surface area (Å²) in [5.41, 5.74) is 1.62. The highest BCUT2D eigenvalue weighted by atomic mass is 32.1. The van der Waals surface area contributed by atoms with E-state index in [0.29, 0.717) is 35.3 Å². The van der Waals surface area contributed by atoms with Crippen LogP contribution in [0, 0.1) is 0 Å². The summed E-state index contributed by atoms with van der Waals surface area (Å²) in [6, 6.07) is 14.6. The van der Waals surface area contributed by atoms with E-state index in [9.17, 15) is 9.59 Å². The van der Waals surface area contributed by atoms with Gasteiger partial charge >= 0.3 is 6.03 Å². The fourth-order valence-corrected chi connectivity index (χ4v) is 4.65. The van der Waals surface area contributed by atoms with E-state index in [2.05, 4.69) is 20.8 Å². The van der Waals surface area contributed by atoms with Gasteiger partial charge in [0.25, 0.3) is 5.91 Å². The molecule has 0 aliphatic carbocycles. The summed E-state index contributed by atoms with van der Waals surface area (Å²) in [7, 11) is 0. The van der Waals surface area contributed by atoms with Crippen LogP contribution in [-0.4, -0.2) is 40.4 Å². The number of nitrogens with zero attached hydrogens (tertiary/aromatic N) is 3. The van der Waals surface area contributed by atoms with Gasteiger partial charge in [0.15, 0.2) is 11.5 Å². The number of urea groups is 1. The third-order valence-electron chi connectivity index (χ3n) is 5.35. The third kappa shape index (κ3) is 4.22. The van der Waals surface area contributed by atoms with Crippen LogP contribution in [0.3, 0.4) is 0 Å². The zero-order chi connectivity index (χ0) is 21.9. The Morgan fingerprint density at radius 3 is 2.81 bits per heavy atom. The van der Waals surface area contributed by atoms with Gasteiger partial charge in [-0.05, 0) is 30.5 Å². The summed E-state index contributed by atoms with van der Waals surface area (Å²) in [5, 5.41) is 14.9. The molecule has 0 saturated carbocycles. The molecule has 0 radical (unpaired) electrons. The highest BCUT2D eigenvalue weighted by Gasteiger charge is 2.33. The molecule has 1 atom stereocenters. The predicted molar refractivity (Wildman–Crippen MR) is 118 cm³/mol. The zero-order valence-electron chi connectivity index (χ0n) is 17.1. The minimum atomic E-state index is -0.356. The van der Waals surface area contributed by atoms with E-state index in [-0.39, 0.29) is 29.8 Å². The number of carbonyl (C=O) groups excluding carboxylic acids is 2. The Labute approximate surface area is 188 Å². The molecule has 5 rings (SSSR count). The van der Waals surface area contributed by atoms with Crippen LogP contribution in [0.25, 0.3) is 0 Å². The Morgan fingerprint density at radius 2 is 1.94 bits per heavy atom. The van der Waals surface area contributed by atoms with E-state index in [1.165, 1.54) is 11.3 Å². The first-order valence-corrected chi connectivity index (χ1v) is 11.1. The molecule has 0 spiro atoms. The summed E-state index contributed by atoms with van der Waals surface area (Å²) >= 11 is 1.21. The molecule has 32 heavy (non-hydrogen) atoms. The lowest BCUT2D eigenvalue weighted by Crippen LogP contribution is -2.39. The summed E-state index contributed by atoms with van der Waals surface area (Å²) in [4.78, 5) is 27.2. The van der Waals surface area contributed by atoms with E-state index in [4.69, 9.17) is 9.47 Å². The van der Waals surface area contributed by atoms with Crippen LogP contribution >= 0.6 is 11.3 Å². The molecule has 1 unspecified atom stereocenters. The maximum atomic E-state index is 12.7. The maximum Gasteiger partial charge on any atom is 0.318 e. The number of fused-ring (bicyclic) bond motifs is 1. The Bertz CT molecular complexity index is 1140. The van der Waals surface area contributed by atoms with E-state index in [1.54, 1.807) is 23.1 Å². The molecule has 0 bridgehead atoms. The van der Waals surface area contributed by atoms with Crippen LogP contribution in [0.5, 0.6) is 11.5 Å². The number of amides is 3. The molecule has 164 valence electrons. The lowest BCUT2D eigenvalue weighted by atomic mass is 10.2. The molecule has 3 aromatic rings. The first kappa shape index (κ1) is 20.3. The molecule has 3 heterocycles. The van der Waals surface area contributed by atoms with Crippen molar-refractivity contribution in [1.29, 1.82) is 0 Å². The van der Waals surface area contributed by atoms with Gasteiger partial charge in [0.05, 0.1) is 6.04 Å². The highest BCUT2D eigenvalue weighted by Crippen LogP contribution is 2.35. The monoisotopic (exact) mass is 451 g/mol. The molecule has 2 aromatic carbocycles. The molecule has 1 fully saturated rings. The maximum absolute atomic E-state index is 12.7. The smallest absolute Gasteiger partial charge is 0.318 e. The van der Waals surface area contributed by atoms with Gasteiger partial charge in [-0.2, -0.15) is 0 Å². The van der Waals surface area contributed by atoms with Crippen LogP contribution in [-0.2, 0) is 6.54 Å². The SMILES string of the molecule is O=C(Nc1ccc2c(c1)OCO2)c1nnc(C2CCCN2C(=O)NCc2ccccc2)s1. The number of rotatable bonds is 5. The number of nitrogens with one attached hydrogen (secondary N) is 2. The molecule has 2 aliphatic heterocycles. The average molecular weight is 452 g/mol. The lowest BCUT2D eigenvalue weighted by molar-refractivity contribution is 0.102. The summed E-state index contributed by atoms with van der Waals surface area (Å²) < 4.78 is 10.6. The minimum Gasteiger partial charge on any atom is -0.454 e. The van der Waals surface area contributed by atoms with Crippen molar-refractivity contribution in [2.24, 2.45) is 0 Å². The van der Waals surface area contributed by atoms with Crippen molar-refractivity contribution in [3.8, 4) is 11.5 Å². The summed E-state index contributed by atoms with van der Waals surface area (Å²) in [6.45, 7) is 1.27. The van der Waals surface area contributed by atoms with E-state index >= 15 is 0 Å². The first-order chi connectivity index (χ1) is 15.7. The number of ether oxygens (including phenoxy) is 2. The van der Waals surface area contributed by atoms with Crippen LogP contribution in [0.2, 0.25) is 0 Å². The van der Waals surface area contributed by atoms with Crippen molar-refractivity contribution in [3.05, 3.63) is 64.1 Å². The van der Waals surface area contributed by atoms with E-state index < -0.39 is 0 Å². The Kier molecular flexibility index (Phi) is 5.59. The molecule has 2 N–H and O–H groups in total. The van der Waals surface area contributed by atoms with Gasteiger partial charge < -0.3 is 25.0 Å². The van der Waals surface area contributed by atoms with Crippen LogP contribution in [0.1, 0.15) is 39.3 Å². The average Bonchev–Trinajstić information content (AvgIpc) is 3.57. The second kappa shape index (κ2) is 8.83. The molecular weight excluding hydrogens is 430 g/mol. The fraction of sp³-hybridized carbons (Fsp3) is 0.273. The largest absolute Gasteiger partial charge is 0.454 e. The molecular formula is C22H21N5O4S. The number of aromatic nitrogens is 2. The number of carbonyl (C=O) groups is 2. The Morgan fingerprint density at radius 1 is 1.09 bits per heavy atom. The Balaban J connectivity index is 1.23. The van der Waals surface area contributed by atoms with Crippen molar-refractivity contribution in [2.45, 2.75) is 25.4 Å². The molecule has 10 heteroatoms. The summed E-state index contributed by atoms with van der Waals surface area (Å²) in [6.07, 6.45) is 1.67. The topological polar surface area (TPSA) is 106 Å². The van der Waals surface area contributed by atoms with Gasteiger partial charge in [-0.15, -0.1) is 10.2 Å². The van der Waals surface area contributed by atoms with Crippen LogP contribution in [0.15, 0.2) is 48.5 Å². The van der Waals surface area contributed by atoms with Gasteiger partial charge in [-0.25, -0.2) is 4.79 Å². The number of anilines is 1. The van der Waals surface area contributed by atoms with Gasteiger partial charge in [-0.3, -0.25) is 4.79 Å². The predicted octanol–water partition coefficient (Wildman–Crippen LogP) is 3.57. The lowest BCUT2D eigenvalue weighted by Gasteiger charge is -2.23. The number of hydrogen-bond acceptors (Lipinski definition) is 7. The summed E-state index contributed by atoms with van der Waals surface area (Å²) in [5.74, 6) is 0.877. The third-order valence-corrected chi connectivity index (χ3v) is 6.37. The van der Waals surface area contributed by atoms with E-state index in [1.807, 2.05) is 30.3 Å². The molecule has 1 saturated heterocycles. The molecule has 9 nitrogen and oxygen atoms in total. The van der Waals surface area contributed by atoms with Crippen LogP contribution < -0.4 is 20.1 Å². The quantitative estimate of drug-likeness (QED) is 0.614. The van der Waals surface area contributed by atoms with Crippen molar-refractivity contribution in [2.75, 3.05) is 18.7 Å². The Hall–Kier alpha value is -3.66. The number of likely N-dealkylation sites (tertiary alicyclic amines) is 1. The van der Waals surface area contributed by atoms with E-state index in [0.717, 1.165) is 18.4 Å². The fourth-order valence-electron chi connectivity index (χ4n) is 3.76. The molecule has 3 amide bonds. The number of benzene rings is 2. The van der Waals surface area contributed by atoms with Gasteiger partial charge in [-0.1, -0.05) is 41.7 Å². The van der Waals surface area contributed by atoms with Gasteiger partial charge in [0.1, 0.15) is 5.01 Å². The standard InChI is InChI=1S/C22H21N5O4S/c28-19(24-15-8-9-17-18(11-15)31-13-30-17)21-26-25-20(32-21)16-7-4-10-27(16)22(29)23-12-14-5-2-1-3-6-14/h1-3,5-6,8-9,11,16H,4,7,10,12-13H2,(H,23,29)(H,24,28). The minimum absolute atomic E-state index is 0.141.